The third-order valence-corrected chi connectivity index (χ3v) is 2.26. The van der Waals surface area contributed by atoms with Crippen LogP contribution in [0, 0.1) is 11.7 Å². The molecular formula is C11H14FNO. The number of halogens is 1. The molecule has 0 aliphatic heterocycles. The highest BCUT2D eigenvalue weighted by Crippen LogP contribution is 2.12. The van der Waals surface area contributed by atoms with Gasteiger partial charge in [-0.05, 0) is 18.6 Å². The normalized spacial score (nSPS) is 12.5. The minimum absolute atomic E-state index is 0.0745. The topological polar surface area (TPSA) is 43.1 Å². The van der Waals surface area contributed by atoms with Gasteiger partial charge in [-0.2, -0.15) is 0 Å². The minimum Gasteiger partial charge on any atom is -0.330 e. The van der Waals surface area contributed by atoms with Crippen molar-refractivity contribution >= 4 is 5.78 Å². The van der Waals surface area contributed by atoms with Crippen LogP contribution in [0.25, 0.3) is 0 Å². The van der Waals surface area contributed by atoms with Gasteiger partial charge >= 0.3 is 0 Å². The summed E-state index contributed by atoms with van der Waals surface area (Å²) in [6.07, 6.45) is 0.686. The van der Waals surface area contributed by atoms with Crippen molar-refractivity contribution < 1.29 is 9.18 Å². The Hall–Kier alpha value is -1.22. The molecule has 0 bridgehead atoms. The molecule has 1 aromatic carbocycles. The predicted molar refractivity (Wildman–Crippen MR) is 53.6 cm³/mol. The van der Waals surface area contributed by atoms with Crippen LogP contribution in [0.2, 0.25) is 0 Å². The van der Waals surface area contributed by atoms with E-state index < -0.39 is 0 Å². The number of ketones is 1. The second-order valence-corrected chi connectivity index (χ2v) is 3.22. The number of hydrogen-bond acceptors (Lipinski definition) is 2. The molecule has 0 heterocycles. The maximum absolute atomic E-state index is 12.8. The molecular weight excluding hydrogens is 181 g/mol. The molecule has 76 valence electrons. The van der Waals surface area contributed by atoms with E-state index >= 15 is 0 Å². The largest absolute Gasteiger partial charge is 0.330 e. The van der Waals surface area contributed by atoms with Crippen molar-refractivity contribution in [3.63, 3.8) is 0 Å². The van der Waals surface area contributed by atoms with Gasteiger partial charge in [0.1, 0.15) is 5.82 Å². The van der Waals surface area contributed by atoms with Crippen molar-refractivity contribution in [2.24, 2.45) is 11.7 Å². The average Bonchev–Trinajstić information content (AvgIpc) is 2.19. The minimum atomic E-state index is -0.386. The summed E-state index contributed by atoms with van der Waals surface area (Å²) in [5.41, 5.74) is 5.85. The van der Waals surface area contributed by atoms with Crippen LogP contribution in [0.1, 0.15) is 23.7 Å². The molecule has 2 nitrogen and oxygen atoms in total. The van der Waals surface area contributed by atoms with E-state index in [-0.39, 0.29) is 17.5 Å². The number of nitrogens with two attached hydrogens (primary N) is 1. The summed E-state index contributed by atoms with van der Waals surface area (Å²) in [7, 11) is 0. The van der Waals surface area contributed by atoms with Gasteiger partial charge in [0.2, 0.25) is 0 Å². The van der Waals surface area contributed by atoms with E-state index in [1.165, 1.54) is 18.2 Å². The molecule has 0 saturated heterocycles. The van der Waals surface area contributed by atoms with Gasteiger partial charge in [-0.25, -0.2) is 4.39 Å². The van der Waals surface area contributed by atoms with Crippen LogP contribution in [-0.2, 0) is 0 Å². The molecule has 14 heavy (non-hydrogen) atoms. The second-order valence-electron chi connectivity index (χ2n) is 3.22. The predicted octanol–water partition coefficient (Wildman–Crippen LogP) is 1.99. The molecule has 0 fully saturated rings. The number of benzene rings is 1. The first-order chi connectivity index (χ1) is 6.69. The molecule has 1 atom stereocenters. The molecule has 0 aromatic heterocycles. The Balaban J connectivity index is 2.88. The Morgan fingerprint density at radius 2 is 2.29 bits per heavy atom. The fraction of sp³-hybridized carbons (Fsp3) is 0.364. The Labute approximate surface area is 82.9 Å². The Morgan fingerprint density at radius 1 is 1.57 bits per heavy atom. The number of carbonyl (C=O) groups excluding carboxylic acids is 1. The Morgan fingerprint density at radius 3 is 2.79 bits per heavy atom. The van der Waals surface area contributed by atoms with Gasteiger partial charge in [0.15, 0.2) is 5.78 Å². The van der Waals surface area contributed by atoms with Crippen LogP contribution in [0.3, 0.4) is 0 Å². The van der Waals surface area contributed by atoms with Crippen LogP contribution in [0.15, 0.2) is 24.3 Å². The van der Waals surface area contributed by atoms with Crippen LogP contribution in [0.4, 0.5) is 4.39 Å². The van der Waals surface area contributed by atoms with Crippen molar-refractivity contribution in [1.82, 2.24) is 0 Å². The highest BCUT2D eigenvalue weighted by molar-refractivity contribution is 5.97. The number of Topliss-reactive ketones (excluding diaryl/α,β-unsaturated/α-hetero) is 1. The fourth-order valence-electron chi connectivity index (χ4n) is 1.34. The molecule has 1 unspecified atom stereocenters. The summed E-state index contributed by atoms with van der Waals surface area (Å²) in [6, 6.07) is 5.72. The SMILES string of the molecule is CCC(CN)C(=O)c1cccc(F)c1. The molecule has 0 radical (unpaired) electrons. The van der Waals surface area contributed by atoms with Gasteiger partial charge in [-0.3, -0.25) is 4.79 Å². The van der Waals surface area contributed by atoms with Crippen molar-refractivity contribution in [3.05, 3.63) is 35.6 Å². The lowest BCUT2D eigenvalue weighted by Gasteiger charge is -2.10. The van der Waals surface area contributed by atoms with Gasteiger partial charge < -0.3 is 5.73 Å². The zero-order valence-corrected chi connectivity index (χ0v) is 8.16. The first kappa shape index (κ1) is 10.9. The van der Waals surface area contributed by atoms with Gasteiger partial charge in [-0.1, -0.05) is 19.1 Å². The monoisotopic (exact) mass is 195 g/mol. The third kappa shape index (κ3) is 2.39. The number of rotatable bonds is 4. The molecule has 1 aromatic rings. The molecule has 2 N–H and O–H groups in total. The van der Waals surface area contributed by atoms with Crippen LogP contribution < -0.4 is 5.73 Å². The molecule has 3 heteroatoms. The van der Waals surface area contributed by atoms with Gasteiger partial charge in [0.05, 0.1) is 0 Å². The van der Waals surface area contributed by atoms with Crippen molar-refractivity contribution in [2.45, 2.75) is 13.3 Å². The summed E-state index contributed by atoms with van der Waals surface area (Å²) < 4.78 is 12.8. The first-order valence-electron chi connectivity index (χ1n) is 4.69. The molecule has 1 rings (SSSR count). The highest BCUT2D eigenvalue weighted by atomic mass is 19.1. The lowest BCUT2D eigenvalue weighted by atomic mass is 9.95. The number of carbonyl (C=O) groups is 1. The van der Waals surface area contributed by atoms with Crippen LogP contribution in [0.5, 0.6) is 0 Å². The quantitative estimate of drug-likeness (QED) is 0.746. The first-order valence-corrected chi connectivity index (χ1v) is 4.69. The van der Waals surface area contributed by atoms with Gasteiger partial charge in [-0.15, -0.1) is 0 Å². The van der Waals surface area contributed by atoms with E-state index in [0.29, 0.717) is 18.5 Å². The lowest BCUT2D eigenvalue weighted by molar-refractivity contribution is 0.0921. The molecule has 0 aliphatic rings. The maximum Gasteiger partial charge on any atom is 0.167 e. The Kier molecular flexibility index (Phi) is 3.77. The molecule has 0 spiro atoms. The van der Waals surface area contributed by atoms with Gasteiger partial charge in [0, 0.05) is 18.0 Å². The van der Waals surface area contributed by atoms with Crippen molar-refractivity contribution in [1.29, 1.82) is 0 Å². The van der Waals surface area contributed by atoms with Crippen molar-refractivity contribution in [2.75, 3.05) is 6.54 Å². The van der Waals surface area contributed by atoms with Gasteiger partial charge in [0.25, 0.3) is 0 Å². The van der Waals surface area contributed by atoms with Crippen LogP contribution in [-0.4, -0.2) is 12.3 Å². The van der Waals surface area contributed by atoms with E-state index in [0.717, 1.165) is 0 Å². The lowest BCUT2D eigenvalue weighted by Crippen LogP contribution is -2.23. The zero-order chi connectivity index (χ0) is 10.6. The number of hydrogen-bond donors (Lipinski definition) is 1. The van der Waals surface area contributed by atoms with E-state index in [1.54, 1.807) is 6.07 Å². The molecule has 0 aliphatic carbocycles. The molecule has 0 saturated carbocycles. The van der Waals surface area contributed by atoms with E-state index in [2.05, 4.69) is 0 Å². The molecule has 0 amide bonds. The summed E-state index contributed by atoms with van der Waals surface area (Å²) in [6.45, 7) is 2.21. The zero-order valence-electron chi connectivity index (χ0n) is 8.16. The van der Waals surface area contributed by atoms with E-state index in [4.69, 9.17) is 5.73 Å². The fourth-order valence-corrected chi connectivity index (χ4v) is 1.34. The van der Waals surface area contributed by atoms with Crippen molar-refractivity contribution in [3.8, 4) is 0 Å². The standard InChI is InChI=1S/C11H14FNO/c1-2-8(7-13)11(14)9-4-3-5-10(12)6-9/h3-6,8H,2,7,13H2,1H3. The maximum atomic E-state index is 12.8. The summed E-state index contributed by atoms with van der Waals surface area (Å²) in [4.78, 5) is 11.7. The highest BCUT2D eigenvalue weighted by Gasteiger charge is 2.16. The Bertz CT molecular complexity index is 321. The third-order valence-electron chi connectivity index (χ3n) is 2.26. The smallest absolute Gasteiger partial charge is 0.167 e. The second kappa shape index (κ2) is 4.86. The van der Waals surface area contributed by atoms with E-state index in [9.17, 15) is 9.18 Å². The summed E-state index contributed by atoms with van der Waals surface area (Å²) in [5, 5.41) is 0. The summed E-state index contributed by atoms with van der Waals surface area (Å²) in [5.74, 6) is -0.658. The van der Waals surface area contributed by atoms with Crippen LogP contribution >= 0.6 is 0 Å². The van der Waals surface area contributed by atoms with E-state index in [1.807, 2.05) is 6.92 Å². The average molecular weight is 195 g/mol. The summed E-state index contributed by atoms with van der Waals surface area (Å²) >= 11 is 0.